The van der Waals surface area contributed by atoms with Gasteiger partial charge in [0.05, 0.1) is 17.9 Å². The molecule has 5 heteroatoms. The summed E-state index contributed by atoms with van der Waals surface area (Å²) in [6.45, 7) is 4.65. The highest BCUT2D eigenvalue weighted by molar-refractivity contribution is 5.99. The third kappa shape index (κ3) is 2.80. The minimum absolute atomic E-state index is 0.0113. The molecule has 1 fully saturated rings. The van der Waals surface area contributed by atoms with Gasteiger partial charge in [0.2, 0.25) is 0 Å². The first-order valence-corrected chi connectivity index (χ1v) is 6.16. The van der Waals surface area contributed by atoms with E-state index < -0.39 is 0 Å². The van der Waals surface area contributed by atoms with Crippen LogP contribution in [0.5, 0.6) is 0 Å². The van der Waals surface area contributed by atoms with Crippen molar-refractivity contribution in [3.05, 3.63) is 29.3 Å². The van der Waals surface area contributed by atoms with Crippen molar-refractivity contribution < 1.29 is 9.53 Å². The number of nitrogens with two attached hydrogens (primary N) is 1. The van der Waals surface area contributed by atoms with Crippen molar-refractivity contribution >= 4 is 11.6 Å². The molecule has 1 aromatic rings. The van der Waals surface area contributed by atoms with Crippen LogP contribution in [-0.2, 0) is 4.74 Å². The lowest BCUT2D eigenvalue weighted by molar-refractivity contribution is 0.0742. The Morgan fingerprint density at radius 1 is 1.39 bits per heavy atom. The maximum atomic E-state index is 12.5. The summed E-state index contributed by atoms with van der Waals surface area (Å²) in [6, 6.07) is 5.62. The molecule has 98 valence electrons. The Bertz CT molecular complexity index is 426. The zero-order chi connectivity index (χ0) is 13.0. The molecule has 1 aliphatic heterocycles. The van der Waals surface area contributed by atoms with Gasteiger partial charge < -0.3 is 15.1 Å². The molecule has 2 rings (SSSR count). The number of nitrogens with one attached hydrogen (secondary N) is 1. The molecule has 1 heterocycles. The van der Waals surface area contributed by atoms with E-state index in [2.05, 4.69) is 5.43 Å². The molecule has 1 aromatic carbocycles. The second-order valence-corrected chi connectivity index (χ2v) is 4.45. The molecule has 0 spiro atoms. The van der Waals surface area contributed by atoms with Crippen LogP contribution >= 0.6 is 0 Å². The smallest absolute Gasteiger partial charge is 0.256 e. The summed E-state index contributed by atoms with van der Waals surface area (Å²) in [7, 11) is 0. The Kier molecular flexibility index (Phi) is 4.17. The summed E-state index contributed by atoms with van der Waals surface area (Å²) >= 11 is 0. The maximum Gasteiger partial charge on any atom is 0.256 e. The average Bonchev–Trinajstić information content (AvgIpc) is 2.66. The van der Waals surface area contributed by atoms with Gasteiger partial charge in [-0.05, 0) is 25.5 Å². The predicted molar refractivity (Wildman–Crippen MR) is 70.3 cm³/mol. The lowest BCUT2D eigenvalue weighted by Gasteiger charge is -2.21. The molecular formula is C13H19N3O2. The normalized spacial score (nSPS) is 16.2. The third-order valence-electron chi connectivity index (χ3n) is 3.07. The third-order valence-corrected chi connectivity index (χ3v) is 3.07. The number of rotatable bonds is 2. The number of nitrogen functional groups attached to an aromatic ring is 1. The topological polar surface area (TPSA) is 67.6 Å². The number of aryl methyl sites for hydroxylation is 1. The van der Waals surface area contributed by atoms with Crippen LogP contribution in [0.4, 0.5) is 5.69 Å². The van der Waals surface area contributed by atoms with Gasteiger partial charge >= 0.3 is 0 Å². The number of amides is 1. The Labute approximate surface area is 107 Å². The fraction of sp³-hybridized carbons (Fsp3) is 0.462. The lowest BCUT2D eigenvalue weighted by Crippen LogP contribution is -2.34. The number of hydrogen-bond donors (Lipinski definition) is 2. The first-order valence-electron chi connectivity index (χ1n) is 6.16. The van der Waals surface area contributed by atoms with E-state index in [4.69, 9.17) is 10.6 Å². The van der Waals surface area contributed by atoms with Gasteiger partial charge in [0.1, 0.15) is 0 Å². The lowest BCUT2D eigenvalue weighted by atomic mass is 10.1. The fourth-order valence-corrected chi connectivity index (χ4v) is 2.08. The summed E-state index contributed by atoms with van der Waals surface area (Å²) in [4.78, 5) is 14.3. The van der Waals surface area contributed by atoms with Crippen LogP contribution in [0.1, 0.15) is 22.3 Å². The monoisotopic (exact) mass is 249 g/mol. The van der Waals surface area contributed by atoms with E-state index in [1.54, 1.807) is 0 Å². The first kappa shape index (κ1) is 12.9. The van der Waals surface area contributed by atoms with Gasteiger partial charge in [-0.3, -0.25) is 10.6 Å². The molecule has 1 amide bonds. The first-order chi connectivity index (χ1) is 8.72. The molecule has 0 radical (unpaired) electrons. The molecule has 3 N–H and O–H groups in total. The van der Waals surface area contributed by atoms with Crippen molar-refractivity contribution in [2.24, 2.45) is 5.84 Å². The van der Waals surface area contributed by atoms with Crippen molar-refractivity contribution in [3.63, 3.8) is 0 Å². The summed E-state index contributed by atoms with van der Waals surface area (Å²) in [6.07, 6.45) is 0.878. The van der Waals surface area contributed by atoms with Gasteiger partial charge in [-0.15, -0.1) is 0 Å². The van der Waals surface area contributed by atoms with E-state index in [1.165, 1.54) is 0 Å². The van der Waals surface area contributed by atoms with Gasteiger partial charge in [0.25, 0.3) is 5.91 Å². The van der Waals surface area contributed by atoms with Gasteiger partial charge in [-0.1, -0.05) is 11.6 Å². The van der Waals surface area contributed by atoms with Crippen LogP contribution in [0.15, 0.2) is 18.2 Å². The maximum absolute atomic E-state index is 12.5. The van der Waals surface area contributed by atoms with Gasteiger partial charge in [-0.2, -0.15) is 0 Å². The highest BCUT2D eigenvalue weighted by Gasteiger charge is 2.20. The van der Waals surface area contributed by atoms with Crippen LogP contribution in [0, 0.1) is 6.92 Å². The number of hydrogen-bond acceptors (Lipinski definition) is 4. The molecular weight excluding hydrogens is 230 g/mol. The number of benzene rings is 1. The Hall–Kier alpha value is -1.59. The molecule has 1 aliphatic rings. The number of hydrazine groups is 1. The zero-order valence-corrected chi connectivity index (χ0v) is 10.6. The highest BCUT2D eigenvalue weighted by atomic mass is 16.5. The van der Waals surface area contributed by atoms with E-state index in [9.17, 15) is 4.79 Å². The molecule has 5 nitrogen and oxygen atoms in total. The SMILES string of the molecule is Cc1ccc(NN)c(C(=O)N2CCCOCC2)c1. The second-order valence-electron chi connectivity index (χ2n) is 4.45. The molecule has 0 atom stereocenters. The molecule has 0 aliphatic carbocycles. The van der Waals surface area contributed by atoms with E-state index in [0.29, 0.717) is 24.4 Å². The fourth-order valence-electron chi connectivity index (χ4n) is 2.08. The van der Waals surface area contributed by atoms with E-state index in [1.807, 2.05) is 30.0 Å². The van der Waals surface area contributed by atoms with E-state index >= 15 is 0 Å². The van der Waals surface area contributed by atoms with Crippen LogP contribution in [0.25, 0.3) is 0 Å². The predicted octanol–water partition coefficient (Wildman–Crippen LogP) is 1.14. The minimum atomic E-state index is 0.0113. The molecule has 0 saturated carbocycles. The summed E-state index contributed by atoms with van der Waals surface area (Å²) in [5.74, 6) is 5.46. The van der Waals surface area contributed by atoms with Crippen LogP contribution in [0.3, 0.4) is 0 Å². The molecule has 0 unspecified atom stereocenters. The van der Waals surface area contributed by atoms with Gasteiger partial charge in [0.15, 0.2) is 0 Å². The molecule has 1 saturated heterocycles. The largest absolute Gasteiger partial charge is 0.380 e. The summed E-state index contributed by atoms with van der Waals surface area (Å²) in [5, 5.41) is 0. The average molecular weight is 249 g/mol. The number of anilines is 1. The Morgan fingerprint density at radius 2 is 2.22 bits per heavy atom. The van der Waals surface area contributed by atoms with Gasteiger partial charge in [-0.25, -0.2) is 0 Å². The van der Waals surface area contributed by atoms with Crippen LogP contribution in [0.2, 0.25) is 0 Å². The highest BCUT2D eigenvalue weighted by Crippen LogP contribution is 2.19. The van der Waals surface area contributed by atoms with Crippen LogP contribution in [-0.4, -0.2) is 37.1 Å². The number of carbonyl (C=O) groups excluding carboxylic acids is 1. The Morgan fingerprint density at radius 3 is 3.00 bits per heavy atom. The minimum Gasteiger partial charge on any atom is -0.380 e. The van der Waals surface area contributed by atoms with Crippen LogP contribution < -0.4 is 11.3 Å². The number of carbonyl (C=O) groups is 1. The second kappa shape index (κ2) is 5.84. The van der Waals surface area contributed by atoms with Gasteiger partial charge in [0, 0.05) is 19.7 Å². The van der Waals surface area contributed by atoms with Crippen molar-refractivity contribution in [1.82, 2.24) is 4.90 Å². The molecule has 0 bridgehead atoms. The van der Waals surface area contributed by atoms with E-state index in [0.717, 1.165) is 25.1 Å². The van der Waals surface area contributed by atoms with Crippen molar-refractivity contribution in [2.75, 3.05) is 31.7 Å². The number of ether oxygens (including phenoxy) is 1. The molecule has 0 aromatic heterocycles. The molecule has 18 heavy (non-hydrogen) atoms. The van der Waals surface area contributed by atoms with Crippen molar-refractivity contribution in [2.45, 2.75) is 13.3 Å². The Balaban J connectivity index is 2.23. The quantitative estimate of drug-likeness (QED) is 0.609. The number of nitrogens with zero attached hydrogens (tertiary/aromatic N) is 1. The zero-order valence-electron chi connectivity index (χ0n) is 10.6. The summed E-state index contributed by atoms with van der Waals surface area (Å²) in [5.41, 5.74) is 4.91. The van der Waals surface area contributed by atoms with E-state index in [-0.39, 0.29) is 5.91 Å². The van der Waals surface area contributed by atoms with Crippen molar-refractivity contribution in [3.8, 4) is 0 Å². The standard InChI is InChI=1S/C13H19N3O2/c1-10-3-4-12(15-14)11(9-10)13(17)16-5-2-7-18-8-6-16/h3-4,9,15H,2,5-8,14H2,1H3. The summed E-state index contributed by atoms with van der Waals surface area (Å²) < 4.78 is 5.36. The van der Waals surface area contributed by atoms with Crippen molar-refractivity contribution in [1.29, 1.82) is 0 Å².